The summed E-state index contributed by atoms with van der Waals surface area (Å²) in [6.07, 6.45) is 3.42. The SMILES string of the molecule is NC(=O)C[C@H](NC(=O)[C@H](Cc1cnc[nH]1)NC(=O)[C@@H]1CCC(=O)N1)C(=O)N1CCC[C@H]1C(=O)N[C@@H](CCCN=C(N)N)C(=O)O. The molecule has 0 aliphatic carbocycles. The van der Waals surface area contributed by atoms with Crippen molar-refractivity contribution < 1.29 is 38.7 Å². The second-order valence-corrected chi connectivity index (χ2v) is 10.8. The third-order valence-corrected chi connectivity index (χ3v) is 7.34. The van der Waals surface area contributed by atoms with Gasteiger partial charge in [0.05, 0.1) is 12.7 Å². The number of H-pyrrole nitrogens is 1. The van der Waals surface area contributed by atoms with Crippen molar-refractivity contribution in [1.82, 2.24) is 36.1 Å². The number of amides is 6. The zero-order valence-electron chi connectivity index (χ0n) is 24.5. The summed E-state index contributed by atoms with van der Waals surface area (Å²) in [7, 11) is 0. The lowest BCUT2D eigenvalue weighted by molar-refractivity contribution is -0.145. The number of nitrogens with one attached hydrogen (secondary N) is 5. The van der Waals surface area contributed by atoms with Crippen molar-refractivity contribution >= 4 is 47.4 Å². The Hall–Kier alpha value is -5.23. The number of carboxylic acid groups (broad SMARTS) is 1. The molecule has 45 heavy (non-hydrogen) atoms. The van der Waals surface area contributed by atoms with E-state index in [1.165, 1.54) is 12.5 Å². The second kappa shape index (κ2) is 16.0. The average molecular weight is 634 g/mol. The lowest BCUT2D eigenvalue weighted by Crippen LogP contribution is -2.59. The molecule has 2 aliphatic heterocycles. The van der Waals surface area contributed by atoms with Crippen LogP contribution < -0.4 is 38.5 Å². The molecule has 6 amide bonds. The molecule has 2 saturated heterocycles. The number of aliphatic imine (C=N–C) groups is 1. The summed E-state index contributed by atoms with van der Waals surface area (Å²) in [5, 5.41) is 19.6. The number of imidazole rings is 1. The fraction of sp³-hybridized carbons (Fsp3) is 0.577. The van der Waals surface area contributed by atoms with E-state index in [-0.39, 0.29) is 63.5 Å². The van der Waals surface area contributed by atoms with Crippen LogP contribution >= 0.6 is 0 Å². The smallest absolute Gasteiger partial charge is 0.326 e. The Kier molecular flexibility index (Phi) is 12.2. The minimum Gasteiger partial charge on any atom is -0.480 e. The third kappa shape index (κ3) is 10.2. The van der Waals surface area contributed by atoms with Crippen LogP contribution in [0.4, 0.5) is 0 Å². The van der Waals surface area contributed by atoms with Crippen LogP contribution in [-0.4, -0.2) is 111 Å². The fourth-order valence-corrected chi connectivity index (χ4v) is 5.11. The predicted molar refractivity (Wildman–Crippen MR) is 155 cm³/mol. The van der Waals surface area contributed by atoms with Gasteiger partial charge in [0, 0.05) is 37.8 Å². The maximum Gasteiger partial charge on any atom is 0.326 e. The van der Waals surface area contributed by atoms with E-state index in [1.54, 1.807) is 0 Å². The summed E-state index contributed by atoms with van der Waals surface area (Å²) in [4.78, 5) is 100. The summed E-state index contributed by atoms with van der Waals surface area (Å²) < 4.78 is 0. The number of aromatic amines is 1. The van der Waals surface area contributed by atoms with Gasteiger partial charge >= 0.3 is 5.97 Å². The van der Waals surface area contributed by atoms with E-state index in [1.807, 2.05) is 0 Å². The zero-order chi connectivity index (χ0) is 33.1. The van der Waals surface area contributed by atoms with Crippen LogP contribution in [0, 0.1) is 0 Å². The van der Waals surface area contributed by atoms with Crippen molar-refractivity contribution in [2.24, 2.45) is 22.2 Å². The molecule has 19 nitrogen and oxygen atoms in total. The molecule has 0 bridgehead atoms. The molecule has 19 heteroatoms. The monoisotopic (exact) mass is 633 g/mol. The van der Waals surface area contributed by atoms with Crippen LogP contribution in [0.1, 0.15) is 50.6 Å². The van der Waals surface area contributed by atoms with Crippen molar-refractivity contribution in [2.45, 2.75) is 81.6 Å². The molecule has 0 aromatic carbocycles. The molecule has 1 aromatic heterocycles. The molecule has 12 N–H and O–H groups in total. The molecule has 2 aliphatic rings. The Morgan fingerprint density at radius 3 is 2.38 bits per heavy atom. The van der Waals surface area contributed by atoms with Crippen molar-refractivity contribution in [2.75, 3.05) is 13.1 Å². The highest BCUT2D eigenvalue weighted by molar-refractivity contribution is 5.98. The molecule has 246 valence electrons. The van der Waals surface area contributed by atoms with Crippen LogP contribution in [-0.2, 0) is 40.0 Å². The van der Waals surface area contributed by atoms with Gasteiger partial charge in [0.2, 0.25) is 35.4 Å². The lowest BCUT2D eigenvalue weighted by atomic mass is 10.1. The highest BCUT2D eigenvalue weighted by Gasteiger charge is 2.40. The summed E-state index contributed by atoms with van der Waals surface area (Å²) in [6.45, 7) is 0.252. The molecule has 5 atom stereocenters. The molecule has 3 rings (SSSR count). The van der Waals surface area contributed by atoms with E-state index in [2.05, 4.69) is 36.2 Å². The Morgan fingerprint density at radius 2 is 1.78 bits per heavy atom. The number of likely N-dealkylation sites (tertiary alicyclic amines) is 1. The minimum absolute atomic E-state index is 0.0207. The van der Waals surface area contributed by atoms with Crippen LogP contribution in [0.3, 0.4) is 0 Å². The van der Waals surface area contributed by atoms with Gasteiger partial charge in [0.15, 0.2) is 5.96 Å². The molecule has 0 radical (unpaired) electrons. The Bertz CT molecular complexity index is 1300. The first kappa shape index (κ1) is 34.3. The van der Waals surface area contributed by atoms with Gasteiger partial charge in [-0.25, -0.2) is 9.78 Å². The predicted octanol–water partition coefficient (Wildman–Crippen LogP) is -4.31. The van der Waals surface area contributed by atoms with Crippen molar-refractivity contribution in [3.8, 4) is 0 Å². The lowest BCUT2D eigenvalue weighted by Gasteiger charge is -2.30. The zero-order valence-corrected chi connectivity index (χ0v) is 24.5. The number of nitrogens with zero attached hydrogens (tertiary/aromatic N) is 3. The van der Waals surface area contributed by atoms with Gasteiger partial charge in [-0.2, -0.15) is 0 Å². The van der Waals surface area contributed by atoms with Crippen LogP contribution in [0.25, 0.3) is 0 Å². The Morgan fingerprint density at radius 1 is 1.04 bits per heavy atom. The van der Waals surface area contributed by atoms with E-state index in [9.17, 15) is 38.7 Å². The number of carboxylic acids is 1. The molecule has 3 heterocycles. The van der Waals surface area contributed by atoms with Gasteiger partial charge in [-0.1, -0.05) is 0 Å². The average Bonchev–Trinajstić information content (AvgIpc) is 3.75. The Labute approximate surface area is 257 Å². The van der Waals surface area contributed by atoms with Gasteiger partial charge in [0.25, 0.3) is 0 Å². The number of primary amides is 1. The van der Waals surface area contributed by atoms with Gasteiger partial charge in [-0.15, -0.1) is 0 Å². The standard InChI is InChI=1S/C26H39N11O8/c27-19(38)10-17(36-22(41)16(9-13-11-30-12-32-13)35-21(40)14-5-6-20(39)33-14)24(43)37-8-2-4-18(37)23(42)34-15(25(44)45)3-1-7-31-26(28)29/h11-12,14-18H,1-10H2,(H2,27,38)(H,30,32)(H,33,39)(H,34,42)(H,35,40)(H,36,41)(H,44,45)(H4,28,29,31)/t14-,15-,16-,17-,18-/m0/s1. The van der Waals surface area contributed by atoms with Crippen molar-refractivity contribution in [3.63, 3.8) is 0 Å². The number of nitrogens with two attached hydrogens (primary N) is 3. The molecule has 0 saturated carbocycles. The number of rotatable bonds is 16. The first-order valence-corrected chi connectivity index (χ1v) is 14.4. The quantitative estimate of drug-likeness (QED) is 0.0476. The number of carbonyl (C=O) groups is 7. The van der Waals surface area contributed by atoms with Gasteiger partial charge in [-0.3, -0.25) is 33.8 Å². The van der Waals surface area contributed by atoms with Crippen molar-refractivity contribution in [3.05, 3.63) is 18.2 Å². The maximum atomic E-state index is 13.7. The van der Waals surface area contributed by atoms with E-state index in [4.69, 9.17) is 17.2 Å². The molecule has 0 spiro atoms. The van der Waals surface area contributed by atoms with Crippen LogP contribution in [0.15, 0.2) is 17.5 Å². The number of hydrogen-bond acceptors (Lipinski definition) is 9. The van der Waals surface area contributed by atoms with Gasteiger partial charge < -0.3 is 53.5 Å². The number of aliphatic carboxylic acids is 1. The summed E-state index contributed by atoms with van der Waals surface area (Å²) in [5.74, 6) is -5.60. The van der Waals surface area contributed by atoms with E-state index >= 15 is 0 Å². The normalized spacial score (nSPS) is 19.5. The van der Waals surface area contributed by atoms with E-state index in [0.29, 0.717) is 12.1 Å². The number of carbonyl (C=O) groups excluding carboxylic acids is 6. The summed E-state index contributed by atoms with van der Waals surface area (Å²) in [5.41, 5.74) is 16.4. The number of guanidine groups is 1. The van der Waals surface area contributed by atoms with Gasteiger partial charge in [-0.05, 0) is 32.1 Å². The first-order chi connectivity index (χ1) is 21.3. The molecular formula is C26H39N11O8. The highest BCUT2D eigenvalue weighted by Crippen LogP contribution is 2.20. The Balaban J connectivity index is 1.72. The van der Waals surface area contributed by atoms with Crippen LogP contribution in [0.2, 0.25) is 0 Å². The molecule has 1 aromatic rings. The molecular weight excluding hydrogens is 594 g/mol. The summed E-state index contributed by atoms with van der Waals surface area (Å²) >= 11 is 0. The second-order valence-electron chi connectivity index (χ2n) is 10.8. The fourth-order valence-electron chi connectivity index (χ4n) is 5.11. The number of aromatic nitrogens is 2. The topological polar surface area (TPSA) is 310 Å². The third-order valence-electron chi connectivity index (χ3n) is 7.34. The summed E-state index contributed by atoms with van der Waals surface area (Å²) in [6, 6.07) is -5.93. The maximum absolute atomic E-state index is 13.7. The van der Waals surface area contributed by atoms with Crippen LogP contribution in [0.5, 0.6) is 0 Å². The largest absolute Gasteiger partial charge is 0.480 e. The van der Waals surface area contributed by atoms with E-state index < -0.39 is 72.1 Å². The first-order valence-electron chi connectivity index (χ1n) is 14.4. The highest BCUT2D eigenvalue weighted by atomic mass is 16.4. The number of hydrogen-bond donors (Lipinski definition) is 9. The van der Waals surface area contributed by atoms with Gasteiger partial charge in [0.1, 0.15) is 30.2 Å². The minimum atomic E-state index is -1.49. The van der Waals surface area contributed by atoms with Crippen molar-refractivity contribution in [1.29, 1.82) is 0 Å². The molecule has 0 unspecified atom stereocenters. The molecule has 2 fully saturated rings. The van der Waals surface area contributed by atoms with E-state index in [0.717, 1.165) is 4.90 Å².